The van der Waals surface area contributed by atoms with Crippen molar-refractivity contribution >= 4 is 45.9 Å². The lowest BCUT2D eigenvalue weighted by Gasteiger charge is -2.38. The molecule has 3 aromatic carbocycles. The molecule has 0 unspecified atom stereocenters. The van der Waals surface area contributed by atoms with Gasteiger partial charge in [-0.3, -0.25) is 14.4 Å². The molecule has 0 saturated carbocycles. The second-order valence-corrected chi connectivity index (χ2v) is 13.7. The number of fused-ring (bicyclic) bond motifs is 2. The second kappa shape index (κ2) is 14.7. The Balaban J connectivity index is 1.15. The normalized spacial score (nSPS) is 17.5. The van der Waals surface area contributed by atoms with E-state index in [1.165, 1.54) is 0 Å². The van der Waals surface area contributed by atoms with Gasteiger partial charge < -0.3 is 25.0 Å². The molecule has 4 aromatic rings. The molecular weight excluding hydrogens is 610 g/mol. The van der Waals surface area contributed by atoms with E-state index in [-0.39, 0.29) is 23.6 Å². The van der Waals surface area contributed by atoms with Crippen LogP contribution >= 0.6 is 11.6 Å². The van der Waals surface area contributed by atoms with Gasteiger partial charge in [0.25, 0.3) is 5.91 Å². The number of anilines is 1. The summed E-state index contributed by atoms with van der Waals surface area (Å²) in [6, 6.07) is 22.4. The van der Waals surface area contributed by atoms with E-state index in [0.29, 0.717) is 49.0 Å². The molecule has 3 amide bonds. The maximum atomic E-state index is 14.5. The van der Waals surface area contributed by atoms with E-state index in [4.69, 9.17) is 11.6 Å². The van der Waals surface area contributed by atoms with E-state index >= 15 is 0 Å². The zero-order chi connectivity index (χ0) is 32.9. The van der Waals surface area contributed by atoms with Crippen LogP contribution in [0.1, 0.15) is 47.2 Å². The monoisotopic (exact) mass is 653 g/mol. The van der Waals surface area contributed by atoms with Crippen LogP contribution in [-0.2, 0) is 22.4 Å². The van der Waals surface area contributed by atoms with Crippen molar-refractivity contribution in [2.75, 3.05) is 45.2 Å². The number of hydrogen-bond acceptors (Lipinski definition) is 4. The van der Waals surface area contributed by atoms with Gasteiger partial charge in [0, 0.05) is 72.4 Å². The van der Waals surface area contributed by atoms with Crippen LogP contribution in [0.25, 0.3) is 10.9 Å². The molecule has 1 aromatic heterocycles. The number of nitrogens with one attached hydrogen (secondary N) is 2. The number of aromatic nitrogens is 1. The highest BCUT2D eigenvalue weighted by Crippen LogP contribution is 2.36. The molecule has 246 valence electrons. The van der Waals surface area contributed by atoms with Crippen LogP contribution in [0.4, 0.5) is 5.69 Å². The van der Waals surface area contributed by atoms with Crippen molar-refractivity contribution in [3.63, 3.8) is 0 Å². The molecule has 2 atom stereocenters. The predicted octanol–water partition coefficient (Wildman–Crippen LogP) is 5.95. The molecule has 9 heteroatoms. The molecule has 3 heterocycles. The third-order valence-corrected chi connectivity index (χ3v) is 10.00. The van der Waals surface area contributed by atoms with E-state index in [9.17, 15) is 14.4 Å². The molecule has 2 aliphatic rings. The molecule has 0 radical (unpaired) electrons. The van der Waals surface area contributed by atoms with E-state index < -0.39 is 6.04 Å². The van der Waals surface area contributed by atoms with Gasteiger partial charge in [-0.15, -0.1) is 0 Å². The standard InChI is InChI=1S/C38H44ClN5O3/c1-42(2)24-27-21-31-32(39)12-8-14-35(31)44(25-27)38(47)34(22-29-23-40-33-13-7-6-11-30(29)33)41-36(45)16-15-26-17-19-43(20-18-26)37(46)28-9-4-3-5-10-28/h3-14,23,26-27,34,40H,15-22,24-25H2,1-2H3,(H,41,45)/t27-,34+/m1/s1. The first kappa shape index (κ1) is 32.8. The van der Waals surface area contributed by atoms with Crippen molar-refractivity contribution < 1.29 is 14.4 Å². The van der Waals surface area contributed by atoms with Gasteiger partial charge in [0.15, 0.2) is 0 Å². The first-order valence-electron chi connectivity index (χ1n) is 16.7. The summed E-state index contributed by atoms with van der Waals surface area (Å²) in [5.41, 5.74) is 4.51. The Morgan fingerprint density at radius 3 is 2.47 bits per heavy atom. The lowest BCUT2D eigenvalue weighted by atomic mass is 9.90. The van der Waals surface area contributed by atoms with E-state index in [0.717, 1.165) is 59.9 Å². The lowest BCUT2D eigenvalue weighted by Crippen LogP contribution is -2.53. The van der Waals surface area contributed by atoms with Crippen molar-refractivity contribution in [3.05, 3.63) is 101 Å². The quantitative estimate of drug-likeness (QED) is 0.222. The average molecular weight is 654 g/mol. The zero-order valence-corrected chi connectivity index (χ0v) is 28.0. The first-order chi connectivity index (χ1) is 22.8. The third kappa shape index (κ3) is 7.71. The van der Waals surface area contributed by atoms with E-state index in [1.54, 1.807) is 0 Å². The highest BCUT2D eigenvalue weighted by molar-refractivity contribution is 6.32. The summed E-state index contributed by atoms with van der Waals surface area (Å²) < 4.78 is 0. The number of para-hydroxylation sites is 1. The number of aromatic amines is 1. The maximum Gasteiger partial charge on any atom is 0.253 e. The number of nitrogens with zero attached hydrogens (tertiary/aromatic N) is 3. The Kier molecular flexibility index (Phi) is 10.3. The molecule has 47 heavy (non-hydrogen) atoms. The zero-order valence-electron chi connectivity index (χ0n) is 27.3. The molecule has 6 rings (SSSR count). The number of piperidine rings is 1. The smallest absolute Gasteiger partial charge is 0.253 e. The summed E-state index contributed by atoms with van der Waals surface area (Å²) in [7, 11) is 4.08. The van der Waals surface area contributed by atoms with Gasteiger partial charge in [-0.1, -0.05) is 54.1 Å². The van der Waals surface area contributed by atoms with Crippen LogP contribution in [0.2, 0.25) is 5.02 Å². The molecule has 0 bridgehead atoms. The first-order valence-corrected chi connectivity index (χ1v) is 17.1. The highest BCUT2D eigenvalue weighted by atomic mass is 35.5. The molecule has 2 N–H and O–H groups in total. The van der Waals surface area contributed by atoms with Gasteiger partial charge in [0.05, 0.1) is 0 Å². The molecule has 2 aliphatic heterocycles. The van der Waals surface area contributed by atoms with Crippen molar-refractivity contribution in [2.24, 2.45) is 11.8 Å². The second-order valence-electron chi connectivity index (χ2n) is 13.3. The van der Waals surface area contributed by atoms with Gasteiger partial charge in [-0.2, -0.15) is 0 Å². The molecule has 1 fully saturated rings. The fourth-order valence-electron chi connectivity index (χ4n) is 7.26. The Labute approximate surface area is 282 Å². The average Bonchev–Trinajstić information content (AvgIpc) is 3.49. The summed E-state index contributed by atoms with van der Waals surface area (Å²) in [6.07, 6.45) is 5.90. The number of likely N-dealkylation sites (tertiary alicyclic amines) is 1. The van der Waals surface area contributed by atoms with Crippen molar-refractivity contribution in [3.8, 4) is 0 Å². The Morgan fingerprint density at radius 2 is 1.70 bits per heavy atom. The van der Waals surface area contributed by atoms with Gasteiger partial charge in [-0.25, -0.2) is 0 Å². The summed E-state index contributed by atoms with van der Waals surface area (Å²) in [4.78, 5) is 50.2. The summed E-state index contributed by atoms with van der Waals surface area (Å²) >= 11 is 6.68. The minimum Gasteiger partial charge on any atom is -0.361 e. The van der Waals surface area contributed by atoms with Crippen molar-refractivity contribution in [1.82, 2.24) is 20.1 Å². The minimum absolute atomic E-state index is 0.0637. The fraction of sp³-hybridized carbons (Fsp3) is 0.395. The number of benzene rings is 3. The largest absolute Gasteiger partial charge is 0.361 e. The number of rotatable bonds is 10. The van der Waals surface area contributed by atoms with Gasteiger partial charge >= 0.3 is 0 Å². The number of H-pyrrole nitrogens is 1. The number of hydrogen-bond donors (Lipinski definition) is 2. The SMILES string of the molecule is CN(C)C[C@H]1Cc2c(Cl)cccc2N(C(=O)[C@H](Cc2c[nH]c3ccccc23)NC(=O)CCC2CCN(C(=O)c3ccccc3)CC2)C1. The molecule has 1 saturated heterocycles. The van der Waals surface area contributed by atoms with Crippen LogP contribution < -0.4 is 10.2 Å². The lowest BCUT2D eigenvalue weighted by molar-refractivity contribution is -0.127. The van der Waals surface area contributed by atoms with E-state index in [1.807, 2.05) is 103 Å². The number of halogens is 1. The number of amides is 3. The van der Waals surface area contributed by atoms with Crippen LogP contribution in [0.5, 0.6) is 0 Å². The van der Waals surface area contributed by atoms with Crippen LogP contribution in [0.15, 0.2) is 79.0 Å². The number of carbonyl (C=O) groups is 3. The molecule has 8 nitrogen and oxygen atoms in total. The molecule has 0 aliphatic carbocycles. The summed E-state index contributed by atoms with van der Waals surface area (Å²) in [5.74, 6) is 0.382. The maximum absolute atomic E-state index is 14.5. The topological polar surface area (TPSA) is 88.8 Å². The Morgan fingerprint density at radius 1 is 0.957 bits per heavy atom. The minimum atomic E-state index is -0.739. The predicted molar refractivity (Wildman–Crippen MR) is 188 cm³/mol. The summed E-state index contributed by atoms with van der Waals surface area (Å²) in [6.45, 7) is 2.76. The molecular formula is C38H44ClN5O3. The van der Waals surface area contributed by atoms with E-state index in [2.05, 4.69) is 15.2 Å². The van der Waals surface area contributed by atoms with Crippen LogP contribution in [-0.4, -0.2) is 78.8 Å². The van der Waals surface area contributed by atoms with Crippen LogP contribution in [0, 0.1) is 11.8 Å². The van der Waals surface area contributed by atoms with Gasteiger partial charge in [0.2, 0.25) is 11.8 Å². The summed E-state index contributed by atoms with van der Waals surface area (Å²) in [5, 5.41) is 4.86. The highest BCUT2D eigenvalue weighted by Gasteiger charge is 2.35. The number of carbonyl (C=O) groups excluding carboxylic acids is 3. The van der Waals surface area contributed by atoms with Crippen molar-refractivity contribution in [2.45, 2.75) is 44.6 Å². The van der Waals surface area contributed by atoms with Gasteiger partial charge in [-0.05, 0) is 93.1 Å². The Bertz CT molecular complexity index is 1710. The third-order valence-electron chi connectivity index (χ3n) is 9.64. The molecule has 0 spiro atoms. The fourth-order valence-corrected chi connectivity index (χ4v) is 7.50. The van der Waals surface area contributed by atoms with Gasteiger partial charge in [0.1, 0.15) is 6.04 Å². The van der Waals surface area contributed by atoms with Crippen molar-refractivity contribution in [1.29, 1.82) is 0 Å². The van der Waals surface area contributed by atoms with Crippen LogP contribution in [0.3, 0.4) is 0 Å². The Hall–Kier alpha value is -4.14.